The molecule has 2 aromatic carbocycles. The van der Waals surface area contributed by atoms with E-state index in [4.69, 9.17) is 20.8 Å². The van der Waals surface area contributed by atoms with E-state index in [1.54, 1.807) is 18.2 Å². The van der Waals surface area contributed by atoms with Gasteiger partial charge in [-0.3, -0.25) is 10.2 Å². The Labute approximate surface area is 179 Å². The Morgan fingerprint density at radius 2 is 1.97 bits per heavy atom. The number of anilines is 2. The second kappa shape index (κ2) is 8.63. The minimum Gasteiger partial charge on any atom is -0.495 e. The quantitative estimate of drug-likeness (QED) is 0.519. The van der Waals surface area contributed by atoms with Gasteiger partial charge >= 0.3 is 0 Å². The van der Waals surface area contributed by atoms with Crippen LogP contribution >= 0.6 is 11.6 Å². The fraction of sp³-hybridized carbons (Fsp3) is 0.217. The molecule has 0 saturated heterocycles. The number of hydrogen-bond donors (Lipinski definition) is 2. The molecule has 0 bridgehead atoms. The molecule has 1 aliphatic carbocycles. The molecule has 0 unspecified atom stereocenters. The summed E-state index contributed by atoms with van der Waals surface area (Å²) in [4.78, 5) is 13.0. The zero-order valence-electron chi connectivity index (χ0n) is 16.8. The van der Waals surface area contributed by atoms with Crippen LogP contribution < -0.4 is 15.5 Å². The number of carbonyl (C=O) groups is 1. The minimum atomic E-state index is -0.349. The monoisotopic (exact) mass is 423 g/mol. The number of carbonyl (C=O) groups excluding carboxylic acids is 1. The molecule has 6 nitrogen and oxygen atoms in total. The Bertz CT molecular complexity index is 1110. The first-order chi connectivity index (χ1) is 14.6. The van der Waals surface area contributed by atoms with Crippen molar-refractivity contribution in [2.45, 2.75) is 26.2 Å². The molecule has 0 spiro atoms. The van der Waals surface area contributed by atoms with Crippen molar-refractivity contribution in [1.29, 1.82) is 0 Å². The van der Waals surface area contributed by atoms with Gasteiger partial charge in [0.2, 0.25) is 0 Å². The maximum absolute atomic E-state index is 13.0. The fourth-order valence-corrected chi connectivity index (χ4v) is 3.77. The van der Waals surface area contributed by atoms with Crippen LogP contribution in [0.2, 0.25) is 5.02 Å². The maximum atomic E-state index is 13.0. The summed E-state index contributed by atoms with van der Waals surface area (Å²) in [5.74, 6) is 1.24. The molecule has 3 aromatic rings. The molecule has 4 rings (SSSR count). The number of methoxy groups -OCH3 is 1. The molecule has 0 fully saturated rings. The number of hydrazone groups is 1. The summed E-state index contributed by atoms with van der Waals surface area (Å²) in [5, 5.41) is 7.94. The number of hydrogen-bond acceptors (Lipinski definition) is 5. The molecule has 2 N–H and O–H groups in total. The van der Waals surface area contributed by atoms with Gasteiger partial charge in [0.15, 0.2) is 5.76 Å². The first-order valence-corrected chi connectivity index (χ1v) is 10.1. The molecule has 0 saturated carbocycles. The van der Waals surface area contributed by atoms with E-state index >= 15 is 0 Å². The van der Waals surface area contributed by atoms with Crippen LogP contribution in [0.1, 0.15) is 40.3 Å². The summed E-state index contributed by atoms with van der Waals surface area (Å²) >= 11 is 6.07. The predicted molar refractivity (Wildman–Crippen MR) is 119 cm³/mol. The van der Waals surface area contributed by atoms with E-state index in [9.17, 15) is 4.79 Å². The van der Waals surface area contributed by atoms with Crippen LogP contribution in [0, 0.1) is 6.92 Å². The summed E-state index contributed by atoms with van der Waals surface area (Å²) in [5.41, 5.74) is 7.07. The van der Waals surface area contributed by atoms with Crippen molar-refractivity contribution < 1.29 is 13.9 Å². The molecule has 0 aliphatic heterocycles. The highest BCUT2D eigenvalue weighted by atomic mass is 35.5. The molecule has 0 radical (unpaired) electrons. The second-order valence-corrected chi connectivity index (χ2v) is 7.48. The first kappa shape index (κ1) is 20.0. The Hall–Kier alpha value is -3.25. The number of nitrogens with zero attached hydrogens (tertiary/aromatic N) is 1. The number of nitrogens with one attached hydrogen (secondary N) is 2. The lowest BCUT2D eigenvalue weighted by Crippen LogP contribution is -2.15. The summed E-state index contributed by atoms with van der Waals surface area (Å²) in [6, 6.07) is 14.8. The van der Waals surface area contributed by atoms with Crippen molar-refractivity contribution in [3.05, 3.63) is 76.2 Å². The van der Waals surface area contributed by atoms with Gasteiger partial charge in [-0.1, -0.05) is 29.8 Å². The molecule has 1 aromatic heterocycles. The van der Waals surface area contributed by atoms with Gasteiger partial charge in [-0.2, -0.15) is 5.10 Å². The predicted octanol–water partition coefficient (Wildman–Crippen LogP) is 5.65. The smallest absolute Gasteiger partial charge is 0.291 e. The van der Waals surface area contributed by atoms with Crippen LogP contribution in [0.5, 0.6) is 5.75 Å². The highest BCUT2D eigenvalue weighted by Crippen LogP contribution is 2.32. The van der Waals surface area contributed by atoms with Crippen LogP contribution in [0.4, 0.5) is 11.4 Å². The molecular weight excluding hydrogens is 402 g/mol. The van der Waals surface area contributed by atoms with Gasteiger partial charge < -0.3 is 14.5 Å². The zero-order chi connectivity index (χ0) is 21.1. The van der Waals surface area contributed by atoms with Crippen LogP contribution in [0.3, 0.4) is 0 Å². The third-order valence-corrected chi connectivity index (χ3v) is 5.27. The third kappa shape index (κ3) is 4.04. The van der Waals surface area contributed by atoms with Crippen molar-refractivity contribution in [3.63, 3.8) is 0 Å². The largest absolute Gasteiger partial charge is 0.495 e. The Morgan fingerprint density at radius 1 is 1.17 bits per heavy atom. The number of para-hydroxylation sites is 1. The van der Waals surface area contributed by atoms with E-state index < -0.39 is 0 Å². The number of halogens is 1. The summed E-state index contributed by atoms with van der Waals surface area (Å²) in [7, 11) is 1.54. The average Bonchev–Trinajstić information content (AvgIpc) is 3.10. The molecule has 1 amide bonds. The van der Waals surface area contributed by atoms with Crippen molar-refractivity contribution in [2.24, 2.45) is 5.10 Å². The number of rotatable bonds is 5. The van der Waals surface area contributed by atoms with Crippen molar-refractivity contribution >= 4 is 34.6 Å². The number of furan rings is 1. The van der Waals surface area contributed by atoms with Gasteiger partial charge in [0.25, 0.3) is 5.91 Å². The van der Waals surface area contributed by atoms with E-state index in [2.05, 4.69) is 15.8 Å². The lowest BCUT2D eigenvalue weighted by atomic mass is 9.93. The van der Waals surface area contributed by atoms with E-state index in [0.29, 0.717) is 16.5 Å². The molecule has 154 valence electrons. The Morgan fingerprint density at radius 3 is 2.73 bits per heavy atom. The highest BCUT2D eigenvalue weighted by Gasteiger charge is 2.28. The maximum Gasteiger partial charge on any atom is 0.291 e. The summed E-state index contributed by atoms with van der Waals surface area (Å²) in [6.45, 7) is 1.88. The average molecular weight is 424 g/mol. The van der Waals surface area contributed by atoms with Crippen molar-refractivity contribution in [3.8, 4) is 5.75 Å². The second-order valence-electron chi connectivity index (χ2n) is 7.04. The summed E-state index contributed by atoms with van der Waals surface area (Å²) < 4.78 is 11.3. The lowest BCUT2D eigenvalue weighted by Gasteiger charge is -2.13. The van der Waals surface area contributed by atoms with Crippen molar-refractivity contribution in [1.82, 2.24) is 0 Å². The highest BCUT2D eigenvalue weighted by molar-refractivity contribution is 6.31. The molecular formula is C23H22ClN3O3. The SMILES string of the molecule is COc1ccc(Cl)cc1NC(=O)c1oc2c(c1C)/C(=N/Nc1ccccc1)CCC2. The molecule has 0 atom stereocenters. The normalized spacial score (nSPS) is 14.3. The molecule has 1 heterocycles. The third-order valence-electron chi connectivity index (χ3n) is 5.04. The zero-order valence-corrected chi connectivity index (χ0v) is 17.5. The number of fused-ring (bicyclic) bond motifs is 1. The number of amides is 1. The van der Waals surface area contributed by atoms with Gasteiger partial charge in [-0.05, 0) is 50.1 Å². The van der Waals surface area contributed by atoms with Gasteiger partial charge in [0.1, 0.15) is 11.5 Å². The topological polar surface area (TPSA) is 75.9 Å². The van der Waals surface area contributed by atoms with Gasteiger partial charge in [0, 0.05) is 22.6 Å². The molecule has 30 heavy (non-hydrogen) atoms. The van der Waals surface area contributed by atoms with E-state index in [0.717, 1.165) is 47.5 Å². The number of aryl methyl sites for hydroxylation is 1. The van der Waals surface area contributed by atoms with Crippen LogP contribution in [-0.4, -0.2) is 18.7 Å². The van der Waals surface area contributed by atoms with Crippen LogP contribution in [-0.2, 0) is 6.42 Å². The van der Waals surface area contributed by atoms with E-state index in [-0.39, 0.29) is 11.7 Å². The van der Waals surface area contributed by atoms with Crippen molar-refractivity contribution in [2.75, 3.05) is 17.9 Å². The number of ether oxygens (including phenoxy) is 1. The summed E-state index contributed by atoms with van der Waals surface area (Å²) in [6.07, 6.45) is 2.50. The minimum absolute atomic E-state index is 0.274. The fourth-order valence-electron chi connectivity index (χ4n) is 3.60. The molecule has 7 heteroatoms. The lowest BCUT2D eigenvalue weighted by molar-refractivity contribution is 0.0993. The van der Waals surface area contributed by atoms with Gasteiger partial charge in [-0.15, -0.1) is 0 Å². The Kier molecular flexibility index (Phi) is 5.77. The van der Waals surface area contributed by atoms with E-state index in [1.807, 2.05) is 37.3 Å². The van der Waals surface area contributed by atoms with Gasteiger partial charge in [-0.25, -0.2) is 0 Å². The van der Waals surface area contributed by atoms with Crippen LogP contribution in [0.15, 0.2) is 58.0 Å². The Balaban J connectivity index is 1.62. The van der Waals surface area contributed by atoms with Gasteiger partial charge in [0.05, 0.1) is 24.2 Å². The standard InChI is InChI=1S/C23H22ClN3O3/c1-14-21-17(27-26-16-7-4-3-5-8-16)9-6-10-20(21)30-22(14)23(28)25-18-13-15(24)11-12-19(18)29-2/h3-5,7-8,11-13,26H,6,9-10H2,1-2H3,(H,25,28)/b27-17+. The first-order valence-electron chi connectivity index (χ1n) is 9.72. The van der Waals surface area contributed by atoms with Crippen LogP contribution in [0.25, 0.3) is 0 Å². The number of benzene rings is 2. The molecule has 1 aliphatic rings. The van der Waals surface area contributed by atoms with E-state index in [1.165, 1.54) is 7.11 Å².